The summed E-state index contributed by atoms with van der Waals surface area (Å²) in [4.78, 5) is 0. The van der Waals surface area contributed by atoms with E-state index in [0.717, 1.165) is 12.3 Å². The molecular formula is C23H45B2. The summed E-state index contributed by atoms with van der Waals surface area (Å²) < 4.78 is 0. The van der Waals surface area contributed by atoms with Gasteiger partial charge in [0, 0.05) is 0 Å². The molecule has 25 heavy (non-hydrogen) atoms. The molecule has 1 rings (SSSR count). The maximum Gasteiger partial charge on any atom is 0.114 e. The second-order valence-electron chi connectivity index (χ2n) is 10.6. The summed E-state index contributed by atoms with van der Waals surface area (Å²) in [6.07, 6.45) is 13.0. The van der Waals surface area contributed by atoms with Crippen molar-refractivity contribution in [1.82, 2.24) is 0 Å². The van der Waals surface area contributed by atoms with Crippen LogP contribution < -0.4 is 0 Å². The molecule has 0 aromatic carbocycles. The van der Waals surface area contributed by atoms with Crippen molar-refractivity contribution in [2.24, 2.45) is 16.7 Å². The highest BCUT2D eigenvalue weighted by molar-refractivity contribution is 6.38. The van der Waals surface area contributed by atoms with Crippen molar-refractivity contribution in [3.05, 3.63) is 0 Å². The fourth-order valence-electron chi connectivity index (χ4n) is 4.98. The Labute approximate surface area is 162 Å². The molecule has 0 heterocycles. The second kappa shape index (κ2) is 8.88. The first-order chi connectivity index (χ1) is 11.5. The number of hydrogen-bond donors (Lipinski definition) is 0. The van der Waals surface area contributed by atoms with E-state index in [0.29, 0.717) is 10.7 Å². The highest BCUT2D eigenvalue weighted by Crippen LogP contribution is 2.55. The average molecular weight is 343 g/mol. The van der Waals surface area contributed by atoms with Crippen LogP contribution in [0.15, 0.2) is 0 Å². The van der Waals surface area contributed by atoms with Gasteiger partial charge in [0.25, 0.3) is 0 Å². The van der Waals surface area contributed by atoms with Crippen molar-refractivity contribution in [3.63, 3.8) is 0 Å². The lowest BCUT2D eigenvalue weighted by Gasteiger charge is -2.47. The van der Waals surface area contributed by atoms with Crippen LogP contribution in [0.3, 0.4) is 0 Å². The van der Waals surface area contributed by atoms with Crippen molar-refractivity contribution in [2.45, 2.75) is 130 Å². The van der Waals surface area contributed by atoms with Crippen LogP contribution in [0.2, 0.25) is 17.5 Å². The van der Waals surface area contributed by atoms with Gasteiger partial charge in [-0.3, -0.25) is 0 Å². The lowest BCUT2D eigenvalue weighted by molar-refractivity contribution is 0.127. The minimum atomic E-state index is -0.0499. The first-order valence-corrected chi connectivity index (χ1v) is 11.0. The Hall–Kier alpha value is 0.130. The molecular weight excluding hydrogens is 298 g/mol. The third kappa shape index (κ3) is 5.80. The van der Waals surface area contributed by atoms with Crippen molar-refractivity contribution >= 4 is 15.1 Å². The summed E-state index contributed by atoms with van der Waals surface area (Å²) in [5.74, 6) is 0.817. The highest BCUT2D eigenvalue weighted by atomic mass is 14.4. The van der Waals surface area contributed by atoms with Gasteiger partial charge in [0.1, 0.15) is 7.28 Å². The van der Waals surface area contributed by atoms with E-state index in [1.54, 1.807) is 0 Å². The van der Waals surface area contributed by atoms with Gasteiger partial charge in [-0.15, -0.1) is 0 Å². The van der Waals surface area contributed by atoms with Gasteiger partial charge in [-0.1, -0.05) is 104 Å². The van der Waals surface area contributed by atoms with Gasteiger partial charge < -0.3 is 0 Å². The van der Waals surface area contributed by atoms with Crippen molar-refractivity contribution < 1.29 is 0 Å². The van der Waals surface area contributed by atoms with Crippen molar-refractivity contribution in [1.29, 1.82) is 0 Å². The molecule has 0 aliphatic heterocycles. The van der Waals surface area contributed by atoms with E-state index in [1.807, 2.05) is 0 Å². The average Bonchev–Trinajstić information content (AvgIpc) is 2.59. The number of hydrogen-bond acceptors (Lipinski definition) is 0. The smallest absolute Gasteiger partial charge is 0.0914 e. The molecule has 0 spiro atoms. The van der Waals surface area contributed by atoms with Crippen LogP contribution in [0.4, 0.5) is 0 Å². The van der Waals surface area contributed by atoms with Gasteiger partial charge >= 0.3 is 0 Å². The zero-order valence-electron chi connectivity index (χ0n) is 18.8. The van der Waals surface area contributed by atoms with E-state index in [-0.39, 0.29) is 10.7 Å². The number of rotatable bonds is 5. The quantitative estimate of drug-likeness (QED) is 0.446. The third-order valence-corrected chi connectivity index (χ3v) is 8.40. The molecule has 0 bridgehead atoms. The van der Waals surface area contributed by atoms with Crippen LogP contribution in [0.1, 0.15) is 113 Å². The zero-order chi connectivity index (χ0) is 19.4. The summed E-state index contributed by atoms with van der Waals surface area (Å²) in [6.45, 7) is 19.2. The molecule has 2 heteroatoms. The largest absolute Gasteiger partial charge is 0.114 e. The lowest BCUT2D eigenvalue weighted by Crippen LogP contribution is -2.34. The topological polar surface area (TPSA) is 0 Å². The fraction of sp³-hybridized carbons (Fsp3) is 1.00. The van der Waals surface area contributed by atoms with E-state index in [9.17, 15) is 0 Å². The Bertz CT molecular complexity index is 395. The molecule has 1 aliphatic rings. The van der Waals surface area contributed by atoms with Gasteiger partial charge in [-0.2, -0.15) is 0 Å². The third-order valence-electron chi connectivity index (χ3n) is 8.40. The first-order valence-electron chi connectivity index (χ1n) is 11.0. The summed E-state index contributed by atoms with van der Waals surface area (Å²) in [7, 11) is 9.29. The molecule has 0 aromatic heterocycles. The van der Waals surface area contributed by atoms with E-state index < -0.39 is 0 Å². The molecule has 0 nitrogen and oxygen atoms in total. The predicted octanol–water partition coefficient (Wildman–Crippen LogP) is 7.87. The molecule has 143 valence electrons. The van der Waals surface area contributed by atoms with E-state index in [2.05, 4.69) is 62.6 Å². The predicted molar refractivity (Wildman–Crippen MR) is 117 cm³/mol. The summed E-state index contributed by atoms with van der Waals surface area (Å²) in [6, 6.07) is 0. The van der Waals surface area contributed by atoms with Crippen LogP contribution in [-0.4, -0.2) is 15.1 Å². The lowest BCUT2D eigenvalue weighted by atomic mass is 9.46. The van der Waals surface area contributed by atoms with Crippen LogP contribution in [0.5, 0.6) is 0 Å². The van der Waals surface area contributed by atoms with Crippen LogP contribution in [-0.2, 0) is 0 Å². The monoisotopic (exact) mass is 343 g/mol. The SMILES string of the molecule is [B]C(C)(CC)C1(C)CCCCCC(C(C)([B]C)CC)CC(C)(C)CC1. The first kappa shape index (κ1) is 23.2. The van der Waals surface area contributed by atoms with Crippen LogP contribution >= 0.6 is 0 Å². The molecule has 0 saturated heterocycles. The molecule has 4 atom stereocenters. The van der Waals surface area contributed by atoms with Crippen molar-refractivity contribution in [2.75, 3.05) is 0 Å². The van der Waals surface area contributed by atoms with E-state index in [1.165, 1.54) is 57.8 Å². The zero-order valence-corrected chi connectivity index (χ0v) is 18.8. The van der Waals surface area contributed by atoms with Crippen molar-refractivity contribution in [3.8, 4) is 0 Å². The standard InChI is InChI=1S/C23H45B2/c1-9-22(6,25-8)19-14-12-11-13-15-21(5,23(7,24)10-2)17-16-20(3,4)18-19/h19H,9-18H2,1-8H3. The summed E-state index contributed by atoms with van der Waals surface area (Å²) in [5.41, 5.74) is 0.670. The van der Waals surface area contributed by atoms with Gasteiger partial charge in [0.2, 0.25) is 0 Å². The normalized spacial score (nSPS) is 33.5. The van der Waals surface area contributed by atoms with E-state index >= 15 is 0 Å². The highest BCUT2D eigenvalue weighted by Gasteiger charge is 2.41. The molecule has 0 amide bonds. The van der Waals surface area contributed by atoms with Gasteiger partial charge in [-0.05, 0) is 42.4 Å². The minimum absolute atomic E-state index is 0.0499. The summed E-state index contributed by atoms with van der Waals surface area (Å²) >= 11 is 0. The molecule has 1 saturated carbocycles. The molecule has 0 N–H and O–H groups in total. The molecule has 3 radical (unpaired) electrons. The Morgan fingerprint density at radius 3 is 2.12 bits per heavy atom. The Balaban J connectivity index is 3.03. The molecule has 1 fully saturated rings. The molecule has 4 unspecified atom stereocenters. The van der Waals surface area contributed by atoms with Gasteiger partial charge in [0.15, 0.2) is 0 Å². The van der Waals surface area contributed by atoms with Gasteiger partial charge in [-0.25, -0.2) is 0 Å². The fourth-order valence-corrected chi connectivity index (χ4v) is 4.98. The maximum absolute atomic E-state index is 6.80. The Morgan fingerprint density at radius 2 is 1.60 bits per heavy atom. The molecule has 0 aromatic rings. The Kier molecular flexibility index (Phi) is 8.23. The Morgan fingerprint density at radius 1 is 0.960 bits per heavy atom. The molecule has 1 aliphatic carbocycles. The maximum atomic E-state index is 6.80. The van der Waals surface area contributed by atoms with Crippen LogP contribution in [0.25, 0.3) is 0 Å². The minimum Gasteiger partial charge on any atom is -0.0914 e. The van der Waals surface area contributed by atoms with Crippen LogP contribution in [0, 0.1) is 16.7 Å². The van der Waals surface area contributed by atoms with E-state index in [4.69, 9.17) is 7.85 Å². The summed E-state index contributed by atoms with van der Waals surface area (Å²) in [5, 5.41) is 0.339. The van der Waals surface area contributed by atoms with Gasteiger partial charge in [0.05, 0.1) is 7.85 Å². The second-order valence-corrected chi connectivity index (χ2v) is 10.6.